The predicted octanol–water partition coefficient (Wildman–Crippen LogP) is -2.57. The van der Waals surface area contributed by atoms with Crippen molar-refractivity contribution in [2.45, 2.75) is 30.7 Å². The molecule has 1 unspecified atom stereocenters. The van der Waals surface area contributed by atoms with Gasteiger partial charge in [0.25, 0.3) is 0 Å². The van der Waals surface area contributed by atoms with Gasteiger partial charge in [-0.25, -0.2) is 0 Å². The van der Waals surface area contributed by atoms with Crippen molar-refractivity contribution in [3.05, 3.63) is 0 Å². The second-order valence-corrected chi connectivity index (χ2v) is 2.99. The van der Waals surface area contributed by atoms with E-state index >= 15 is 0 Å². The van der Waals surface area contributed by atoms with Crippen molar-refractivity contribution in [2.75, 3.05) is 13.7 Å². The molecule has 1 saturated heterocycles. The molecule has 0 aromatic carbocycles. The average molecular weight is 194 g/mol. The molecule has 78 valence electrons. The van der Waals surface area contributed by atoms with Crippen LogP contribution in [0.15, 0.2) is 0 Å². The number of methoxy groups -OCH3 is 1. The molecular weight excluding hydrogens is 180 g/mol. The van der Waals surface area contributed by atoms with Gasteiger partial charge in [0.05, 0.1) is 6.61 Å². The Balaban J connectivity index is 2.59. The fraction of sp³-hybridized carbons (Fsp3) is 1.00. The Bertz CT molecular complexity index is 163. The summed E-state index contributed by atoms with van der Waals surface area (Å²) in [6.07, 6.45) is -6.46. The van der Waals surface area contributed by atoms with Gasteiger partial charge >= 0.3 is 0 Å². The Kier molecular flexibility index (Phi) is 3.60. The fourth-order valence-electron chi connectivity index (χ4n) is 1.23. The van der Waals surface area contributed by atoms with Crippen LogP contribution in [0.25, 0.3) is 0 Å². The SMILES string of the molecule is COC[C@H]1OC(O)[C@@H](O)[C@H](O)[C@H]1O. The summed E-state index contributed by atoms with van der Waals surface area (Å²) in [7, 11) is 1.40. The second kappa shape index (κ2) is 4.32. The Morgan fingerprint density at radius 3 is 2.23 bits per heavy atom. The van der Waals surface area contributed by atoms with Crippen molar-refractivity contribution in [3.63, 3.8) is 0 Å². The standard InChI is InChI=1S/C7H14O6/c1-12-2-3-4(8)5(9)6(10)7(11)13-3/h3-11H,2H2,1H3/t3-,4+,5-,6+,7?/m1/s1. The van der Waals surface area contributed by atoms with E-state index < -0.39 is 30.7 Å². The summed E-state index contributed by atoms with van der Waals surface area (Å²) in [6, 6.07) is 0. The molecule has 0 spiro atoms. The molecule has 13 heavy (non-hydrogen) atoms. The molecule has 0 aromatic rings. The third kappa shape index (κ3) is 2.16. The van der Waals surface area contributed by atoms with Crippen molar-refractivity contribution < 1.29 is 29.9 Å². The van der Waals surface area contributed by atoms with Gasteiger partial charge in [-0.3, -0.25) is 0 Å². The first-order valence-corrected chi connectivity index (χ1v) is 3.94. The molecule has 5 atom stereocenters. The second-order valence-electron chi connectivity index (χ2n) is 2.99. The maximum absolute atomic E-state index is 9.33. The summed E-state index contributed by atoms with van der Waals surface area (Å²) >= 11 is 0. The minimum Gasteiger partial charge on any atom is -0.387 e. The zero-order valence-corrected chi connectivity index (χ0v) is 7.20. The van der Waals surface area contributed by atoms with E-state index in [4.69, 9.17) is 19.7 Å². The first-order chi connectivity index (χ1) is 6.07. The van der Waals surface area contributed by atoms with Crippen molar-refractivity contribution >= 4 is 0 Å². The molecule has 0 bridgehead atoms. The summed E-state index contributed by atoms with van der Waals surface area (Å²) in [4.78, 5) is 0. The van der Waals surface area contributed by atoms with Gasteiger partial charge in [0, 0.05) is 7.11 Å². The normalized spacial score (nSPS) is 46.4. The molecule has 0 saturated carbocycles. The van der Waals surface area contributed by atoms with Crippen LogP contribution >= 0.6 is 0 Å². The van der Waals surface area contributed by atoms with Crippen molar-refractivity contribution in [1.29, 1.82) is 0 Å². The van der Waals surface area contributed by atoms with E-state index in [9.17, 15) is 10.2 Å². The van der Waals surface area contributed by atoms with Gasteiger partial charge in [0.1, 0.15) is 24.4 Å². The van der Waals surface area contributed by atoms with Crippen LogP contribution in [-0.2, 0) is 9.47 Å². The van der Waals surface area contributed by atoms with Gasteiger partial charge in [0.15, 0.2) is 6.29 Å². The van der Waals surface area contributed by atoms with Crippen LogP contribution in [0.1, 0.15) is 0 Å². The Morgan fingerprint density at radius 1 is 1.08 bits per heavy atom. The van der Waals surface area contributed by atoms with Crippen LogP contribution in [0.5, 0.6) is 0 Å². The van der Waals surface area contributed by atoms with Crippen LogP contribution in [0, 0.1) is 0 Å². The molecule has 1 rings (SSSR count). The molecule has 1 heterocycles. The van der Waals surface area contributed by atoms with Crippen molar-refractivity contribution in [3.8, 4) is 0 Å². The first kappa shape index (κ1) is 10.8. The third-order valence-electron chi connectivity index (χ3n) is 2.02. The Morgan fingerprint density at radius 2 is 1.69 bits per heavy atom. The maximum atomic E-state index is 9.33. The summed E-state index contributed by atoms with van der Waals surface area (Å²) in [5.74, 6) is 0. The highest BCUT2D eigenvalue weighted by Gasteiger charge is 2.42. The highest BCUT2D eigenvalue weighted by Crippen LogP contribution is 2.19. The molecule has 1 aliphatic rings. The van der Waals surface area contributed by atoms with E-state index in [2.05, 4.69) is 0 Å². The highest BCUT2D eigenvalue weighted by atomic mass is 16.6. The van der Waals surface area contributed by atoms with E-state index in [0.717, 1.165) is 0 Å². The van der Waals surface area contributed by atoms with Gasteiger partial charge in [-0.15, -0.1) is 0 Å². The van der Waals surface area contributed by atoms with Crippen LogP contribution in [0.4, 0.5) is 0 Å². The predicted molar refractivity (Wildman–Crippen MR) is 40.8 cm³/mol. The maximum Gasteiger partial charge on any atom is 0.184 e. The average Bonchev–Trinajstić information content (AvgIpc) is 2.11. The van der Waals surface area contributed by atoms with Crippen LogP contribution in [0.2, 0.25) is 0 Å². The third-order valence-corrected chi connectivity index (χ3v) is 2.02. The molecule has 6 heteroatoms. The number of ether oxygens (including phenoxy) is 2. The largest absolute Gasteiger partial charge is 0.387 e. The minimum absolute atomic E-state index is 0.0437. The number of hydrogen-bond donors (Lipinski definition) is 4. The molecule has 0 radical (unpaired) electrons. The van der Waals surface area contributed by atoms with E-state index in [-0.39, 0.29) is 6.61 Å². The van der Waals surface area contributed by atoms with Gasteiger partial charge in [0.2, 0.25) is 0 Å². The Hall–Kier alpha value is -0.240. The zero-order chi connectivity index (χ0) is 10.0. The molecule has 0 aromatic heterocycles. The molecular formula is C7H14O6. The van der Waals surface area contributed by atoms with Crippen LogP contribution in [-0.4, -0.2) is 64.8 Å². The molecule has 1 fully saturated rings. The first-order valence-electron chi connectivity index (χ1n) is 3.94. The van der Waals surface area contributed by atoms with Crippen LogP contribution < -0.4 is 0 Å². The summed E-state index contributed by atoms with van der Waals surface area (Å²) in [5.41, 5.74) is 0. The summed E-state index contributed by atoms with van der Waals surface area (Å²) in [6.45, 7) is 0.0437. The van der Waals surface area contributed by atoms with Gasteiger partial charge in [-0.2, -0.15) is 0 Å². The van der Waals surface area contributed by atoms with E-state index in [1.54, 1.807) is 0 Å². The van der Waals surface area contributed by atoms with Gasteiger partial charge < -0.3 is 29.9 Å². The van der Waals surface area contributed by atoms with Gasteiger partial charge in [-0.05, 0) is 0 Å². The zero-order valence-electron chi connectivity index (χ0n) is 7.20. The van der Waals surface area contributed by atoms with Crippen molar-refractivity contribution in [1.82, 2.24) is 0 Å². The lowest BCUT2D eigenvalue weighted by atomic mass is 9.99. The van der Waals surface area contributed by atoms with Crippen LogP contribution in [0.3, 0.4) is 0 Å². The molecule has 1 aliphatic heterocycles. The lowest BCUT2D eigenvalue weighted by Crippen LogP contribution is -2.58. The molecule has 6 nitrogen and oxygen atoms in total. The lowest BCUT2D eigenvalue weighted by molar-refractivity contribution is -0.287. The fourth-order valence-corrected chi connectivity index (χ4v) is 1.23. The highest BCUT2D eigenvalue weighted by molar-refractivity contribution is 4.88. The molecule has 4 N–H and O–H groups in total. The molecule has 0 aliphatic carbocycles. The van der Waals surface area contributed by atoms with E-state index in [0.29, 0.717) is 0 Å². The van der Waals surface area contributed by atoms with Gasteiger partial charge in [-0.1, -0.05) is 0 Å². The number of aliphatic hydroxyl groups is 4. The smallest absolute Gasteiger partial charge is 0.184 e. The molecule has 0 amide bonds. The number of rotatable bonds is 2. The number of aliphatic hydroxyl groups excluding tert-OH is 4. The Labute approximate surface area is 75.3 Å². The topological polar surface area (TPSA) is 99.4 Å². The summed E-state index contributed by atoms with van der Waals surface area (Å²) in [5, 5.41) is 36.7. The van der Waals surface area contributed by atoms with E-state index in [1.807, 2.05) is 0 Å². The summed E-state index contributed by atoms with van der Waals surface area (Å²) < 4.78 is 9.49. The minimum atomic E-state index is -1.49. The monoisotopic (exact) mass is 194 g/mol. The van der Waals surface area contributed by atoms with E-state index in [1.165, 1.54) is 7.11 Å². The number of hydrogen-bond acceptors (Lipinski definition) is 6. The quantitative estimate of drug-likeness (QED) is 0.386. The lowest BCUT2D eigenvalue weighted by Gasteiger charge is -2.37. The van der Waals surface area contributed by atoms with Crippen molar-refractivity contribution in [2.24, 2.45) is 0 Å².